The van der Waals surface area contributed by atoms with E-state index in [0.29, 0.717) is 0 Å². The summed E-state index contributed by atoms with van der Waals surface area (Å²) < 4.78 is 0.724. The summed E-state index contributed by atoms with van der Waals surface area (Å²) in [6.07, 6.45) is 2.61. The van der Waals surface area contributed by atoms with Crippen LogP contribution in [0.5, 0.6) is 0 Å². The Morgan fingerprint density at radius 1 is 1.00 bits per heavy atom. The van der Waals surface area contributed by atoms with E-state index in [9.17, 15) is 4.79 Å². The molecule has 0 fully saturated rings. The second-order valence-electron chi connectivity index (χ2n) is 4.47. The lowest BCUT2D eigenvalue weighted by Crippen LogP contribution is -2.07. The van der Waals surface area contributed by atoms with Gasteiger partial charge in [-0.2, -0.15) is 0 Å². The van der Waals surface area contributed by atoms with Crippen LogP contribution in [-0.4, -0.2) is 4.98 Å². The third kappa shape index (κ3) is 2.42. The molecule has 0 aliphatic carbocycles. The summed E-state index contributed by atoms with van der Waals surface area (Å²) in [6, 6.07) is 16.2. The fourth-order valence-electron chi connectivity index (χ4n) is 2.25. The molecule has 2 nitrogen and oxygen atoms in total. The molecule has 0 radical (unpaired) electrons. The molecule has 1 heterocycles. The number of benzene rings is 2. The summed E-state index contributed by atoms with van der Waals surface area (Å²) in [4.78, 5) is 15.3. The van der Waals surface area contributed by atoms with Gasteiger partial charge in [-0.05, 0) is 46.2 Å². The van der Waals surface area contributed by atoms with Gasteiger partial charge in [0.15, 0.2) is 0 Å². The van der Waals surface area contributed by atoms with Crippen molar-refractivity contribution >= 4 is 33.5 Å². The first-order valence-electron chi connectivity index (χ1n) is 6.08. The highest BCUT2D eigenvalue weighted by Gasteiger charge is 2.06. The standard InChI is InChI=1S/C16H12INO/c17-14-10-18-15-12(7-4-8-13(15)16(14)19)9-11-5-2-1-3-6-11/h1-8,10H,9H2,(H,18,19). The molecular weight excluding hydrogens is 349 g/mol. The molecule has 0 saturated heterocycles. The fourth-order valence-corrected chi connectivity index (χ4v) is 2.70. The van der Waals surface area contributed by atoms with E-state index in [4.69, 9.17) is 0 Å². The highest BCUT2D eigenvalue weighted by atomic mass is 127. The van der Waals surface area contributed by atoms with Crippen molar-refractivity contribution in [3.63, 3.8) is 0 Å². The van der Waals surface area contributed by atoms with E-state index in [1.165, 1.54) is 5.56 Å². The van der Waals surface area contributed by atoms with Gasteiger partial charge in [0.1, 0.15) is 0 Å². The van der Waals surface area contributed by atoms with Gasteiger partial charge in [-0.15, -0.1) is 0 Å². The molecule has 19 heavy (non-hydrogen) atoms. The smallest absolute Gasteiger partial charge is 0.202 e. The summed E-state index contributed by atoms with van der Waals surface area (Å²) in [5.41, 5.74) is 3.44. The number of fused-ring (bicyclic) bond motifs is 1. The topological polar surface area (TPSA) is 32.9 Å². The van der Waals surface area contributed by atoms with Crippen LogP contribution in [0.25, 0.3) is 10.9 Å². The maximum Gasteiger partial charge on any atom is 0.202 e. The Labute approximate surface area is 124 Å². The van der Waals surface area contributed by atoms with Crippen molar-refractivity contribution in [2.45, 2.75) is 6.42 Å². The Bertz CT molecular complexity index is 778. The predicted molar refractivity (Wildman–Crippen MR) is 86.5 cm³/mol. The maximum atomic E-state index is 12.1. The molecule has 3 heteroatoms. The first-order valence-corrected chi connectivity index (χ1v) is 7.16. The molecular formula is C16H12INO. The number of nitrogens with one attached hydrogen (secondary N) is 1. The minimum atomic E-state index is 0.101. The van der Waals surface area contributed by atoms with Crippen LogP contribution in [-0.2, 0) is 6.42 Å². The number of para-hydroxylation sites is 1. The first kappa shape index (κ1) is 12.4. The van der Waals surface area contributed by atoms with Crippen molar-refractivity contribution in [3.8, 4) is 0 Å². The minimum Gasteiger partial charge on any atom is -0.360 e. The number of hydrogen-bond acceptors (Lipinski definition) is 1. The highest BCUT2D eigenvalue weighted by molar-refractivity contribution is 14.1. The molecule has 0 saturated carbocycles. The monoisotopic (exact) mass is 361 g/mol. The number of rotatable bonds is 2. The molecule has 3 rings (SSSR count). The Hall–Kier alpha value is -1.62. The van der Waals surface area contributed by atoms with Crippen LogP contribution in [0.1, 0.15) is 11.1 Å². The van der Waals surface area contributed by atoms with Crippen LogP contribution in [0.3, 0.4) is 0 Å². The zero-order valence-electron chi connectivity index (χ0n) is 10.2. The van der Waals surface area contributed by atoms with Crippen molar-refractivity contribution < 1.29 is 0 Å². The van der Waals surface area contributed by atoms with Crippen LogP contribution in [0, 0.1) is 3.57 Å². The van der Waals surface area contributed by atoms with Gasteiger partial charge in [0.25, 0.3) is 0 Å². The van der Waals surface area contributed by atoms with Crippen LogP contribution in [0.2, 0.25) is 0 Å². The van der Waals surface area contributed by atoms with Gasteiger partial charge in [-0.25, -0.2) is 0 Å². The summed E-state index contributed by atoms with van der Waals surface area (Å²) >= 11 is 2.06. The molecule has 0 unspecified atom stereocenters. The van der Waals surface area contributed by atoms with Gasteiger partial charge in [0.05, 0.1) is 9.09 Å². The second-order valence-corrected chi connectivity index (χ2v) is 5.63. The lowest BCUT2D eigenvalue weighted by atomic mass is 10.0. The first-order chi connectivity index (χ1) is 9.25. The molecule has 0 aliphatic rings. The molecule has 0 spiro atoms. The average Bonchev–Trinajstić information content (AvgIpc) is 2.45. The van der Waals surface area contributed by atoms with Crippen molar-refractivity contribution in [2.75, 3.05) is 0 Å². The Kier molecular flexibility index (Phi) is 3.38. The van der Waals surface area contributed by atoms with Crippen molar-refractivity contribution in [1.82, 2.24) is 4.98 Å². The molecule has 94 valence electrons. The Morgan fingerprint density at radius 3 is 2.58 bits per heavy atom. The molecule has 0 atom stereocenters. The normalized spacial score (nSPS) is 10.8. The summed E-state index contributed by atoms with van der Waals surface area (Å²) in [6.45, 7) is 0. The van der Waals surface area contributed by atoms with Gasteiger partial charge in [0, 0.05) is 11.6 Å². The Balaban J connectivity index is 2.15. The van der Waals surface area contributed by atoms with Gasteiger partial charge in [0.2, 0.25) is 5.43 Å². The van der Waals surface area contributed by atoms with E-state index < -0.39 is 0 Å². The SMILES string of the molecule is O=c1c(I)c[nH]c2c(Cc3ccccc3)cccc12. The summed E-state index contributed by atoms with van der Waals surface area (Å²) in [5.74, 6) is 0. The zero-order valence-corrected chi connectivity index (χ0v) is 12.3. The quantitative estimate of drug-likeness (QED) is 0.694. The second kappa shape index (κ2) is 5.17. The molecule has 0 bridgehead atoms. The fraction of sp³-hybridized carbons (Fsp3) is 0.0625. The van der Waals surface area contributed by atoms with Crippen molar-refractivity contribution in [1.29, 1.82) is 0 Å². The van der Waals surface area contributed by atoms with Gasteiger partial charge in [-0.3, -0.25) is 4.79 Å². The van der Waals surface area contributed by atoms with Crippen LogP contribution >= 0.6 is 22.6 Å². The summed E-state index contributed by atoms with van der Waals surface area (Å²) in [5, 5.41) is 0.764. The number of halogens is 1. The zero-order chi connectivity index (χ0) is 13.2. The van der Waals surface area contributed by atoms with Crippen molar-refractivity contribution in [3.05, 3.63) is 79.6 Å². The molecule has 2 aromatic carbocycles. The van der Waals surface area contributed by atoms with Crippen LogP contribution in [0.4, 0.5) is 0 Å². The minimum absolute atomic E-state index is 0.101. The number of aromatic nitrogens is 1. The molecule has 0 amide bonds. The third-order valence-corrected chi connectivity index (χ3v) is 3.99. The number of aromatic amines is 1. The summed E-state index contributed by atoms with van der Waals surface area (Å²) in [7, 11) is 0. The van der Waals surface area contributed by atoms with E-state index in [1.807, 2.05) is 30.3 Å². The predicted octanol–water partition coefficient (Wildman–Crippen LogP) is 3.72. The van der Waals surface area contributed by atoms with Crippen LogP contribution in [0.15, 0.2) is 59.5 Å². The lowest BCUT2D eigenvalue weighted by molar-refractivity contribution is 1.19. The van der Waals surface area contributed by atoms with Gasteiger partial charge in [-0.1, -0.05) is 42.5 Å². The van der Waals surface area contributed by atoms with Crippen LogP contribution < -0.4 is 5.43 Å². The molecule has 1 aromatic heterocycles. The highest BCUT2D eigenvalue weighted by Crippen LogP contribution is 2.18. The number of pyridine rings is 1. The molecule has 1 N–H and O–H groups in total. The third-order valence-electron chi connectivity index (χ3n) is 3.19. The molecule has 3 aromatic rings. The van der Waals surface area contributed by atoms with Crippen molar-refractivity contribution in [2.24, 2.45) is 0 Å². The number of H-pyrrole nitrogens is 1. The van der Waals surface area contributed by atoms with E-state index in [2.05, 4.69) is 45.8 Å². The maximum absolute atomic E-state index is 12.1. The Morgan fingerprint density at radius 2 is 1.79 bits per heavy atom. The van der Waals surface area contributed by atoms with Gasteiger partial charge < -0.3 is 4.98 Å². The van der Waals surface area contributed by atoms with E-state index in [-0.39, 0.29) is 5.43 Å². The largest absolute Gasteiger partial charge is 0.360 e. The lowest BCUT2D eigenvalue weighted by Gasteiger charge is -2.07. The van der Waals surface area contributed by atoms with E-state index >= 15 is 0 Å². The van der Waals surface area contributed by atoms with Gasteiger partial charge >= 0.3 is 0 Å². The van der Waals surface area contributed by atoms with E-state index in [0.717, 1.165) is 26.5 Å². The average molecular weight is 361 g/mol. The van der Waals surface area contributed by atoms with E-state index in [1.54, 1.807) is 6.20 Å². The number of hydrogen-bond donors (Lipinski definition) is 1. The molecule has 0 aliphatic heterocycles.